The van der Waals surface area contributed by atoms with Crippen molar-refractivity contribution in [1.29, 1.82) is 0 Å². The molecule has 1 aromatic carbocycles. The van der Waals surface area contributed by atoms with Gasteiger partial charge in [-0.15, -0.1) is 0 Å². The van der Waals surface area contributed by atoms with E-state index in [9.17, 15) is 4.79 Å². The molecule has 176 valence electrons. The SMILES string of the molecule is COCCN1CCN(c2ccc3cnn(-c4cncc(-n5ccc(CC(=O)O)c5)n4)c3c2)CC1. The molecule has 0 atom stereocenters. The highest BCUT2D eigenvalue weighted by Crippen LogP contribution is 2.25. The molecule has 0 aliphatic carbocycles. The zero-order valence-corrected chi connectivity index (χ0v) is 19.0. The minimum absolute atomic E-state index is 0.0344. The van der Waals surface area contributed by atoms with Crippen molar-refractivity contribution in [3.63, 3.8) is 0 Å². The van der Waals surface area contributed by atoms with E-state index in [1.54, 1.807) is 47.2 Å². The molecule has 4 heterocycles. The first-order valence-electron chi connectivity index (χ1n) is 11.3. The van der Waals surface area contributed by atoms with Crippen molar-refractivity contribution in [1.82, 2.24) is 29.2 Å². The molecule has 1 saturated heterocycles. The first-order chi connectivity index (χ1) is 16.6. The maximum atomic E-state index is 11.0. The zero-order valence-electron chi connectivity index (χ0n) is 19.0. The second-order valence-corrected chi connectivity index (χ2v) is 8.35. The summed E-state index contributed by atoms with van der Waals surface area (Å²) in [5, 5.41) is 14.6. The van der Waals surface area contributed by atoms with Gasteiger partial charge in [-0.25, -0.2) is 9.67 Å². The van der Waals surface area contributed by atoms with Crippen LogP contribution in [0.15, 0.2) is 55.2 Å². The van der Waals surface area contributed by atoms with Crippen LogP contribution in [0.2, 0.25) is 0 Å². The van der Waals surface area contributed by atoms with Gasteiger partial charge in [0, 0.05) is 63.3 Å². The molecule has 10 nitrogen and oxygen atoms in total. The molecule has 0 unspecified atom stereocenters. The summed E-state index contributed by atoms with van der Waals surface area (Å²) in [5.41, 5.74) is 2.83. The van der Waals surface area contributed by atoms with Crippen molar-refractivity contribution in [3.05, 3.63) is 60.8 Å². The molecule has 0 radical (unpaired) electrons. The number of hydrogen-bond donors (Lipinski definition) is 1. The maximum Gasteiger partial charge on any atom is 0.307 e. The molecular formula is C24H27N7O3. The first-order valence-corrected chi connectivity index (χ1v) is 11.3. The number of aliphatic carboxylic acids is 1. The number of hydrogen-bond acceptors (Lipinski definition) is 7. The summed E-state index contributed by atoms with van der Waals surface area (Å²) < 4.78 is 8.77. The number of anilines is 1. The average Bonchev–Trinajstić information content (AvgIpc) is 3.49. The molecule has 0 bridgehead atoms. The van der Waals surface area contributed by atoms with Crippen molar-refractivity contribution in [2.24, 2.45) is 0 Å². The fourth-order valence-corrected chi connectivity index (χ4v) is 4.27. The van der Waals surface area contributed by atoms with Crippen LogP contribution < -0.4 is 4.90 Å². The van der Waals surface area contributed by atoms with Gasteiger partial charge < -0.3 is 19.3 Å². The lowest BCUT2D eigenvalue weighted by Crippen LogP contribution is -2.47. The highest BCUT2D eigenvalue weighted by molar-refractivity contribution is 5.83. The van der Waals surface area contributed by atoms with Crippen LogP contribution in [-0.2, 0) is 16.0 Å². The minimum atomic E-state index is -0.868. The topological polar surface area (TPSA) is 102 Å². The molecule has 0 spiro atoms. The number of rotatable bonds is 8. The Labute approximate surface area is 197 Å². The third-order valence-corrected chi connectivity index (χ3v) is 6.10. The number of carboxylic acid groups (broad SMARTS) is 1. The Bertz CT molecular complexity index is 1290. The number of benzene rings is 1. The molecule has 1 aliphatic rings. The van der Waals surface area contributed by atoms with Crippen molar-refractivity contribution in [2.75, 3.05) is 51.3 Å². The van der Waals surface area contributed by atoms with Gasteiger partial charge in [-0.1, -0.05) is 0 Å². The van der Waals surface area contributed by atoms with Gasteiger partial charge in [0.25, 0.3) is 0 Å². The summed E-state index contributed by atoms with van der Waals surface area (Å²) in [6.07, 6.45) is 8.67. The average molecular weight is 462 g/mol. The van der Waals surface area contributed by atoms with E-state index in [1.165, 1.54) is 0 Å². The van der Waals surface area contributed by atoms with Gasteiger partial charge in [-0.2, -0.15) is 5.10 Å². The monoisotopic (exact) mass is 461 g/mol. The number of methoxy groups -OCH3 is 1. The minimum Gasteiger partial charge on any atom is -0.481 e. The number of aromatic nitrogens is 5. The lowest BCUT2D eigenvalue weighted by atomic mass is 10.2. The van der Waals surface area contributed by atoms with Gasteiger partial charge in [0.1, 0.15) is 0 Å². The smallest absolute Gasteiger partial charge is 0.307 e. The Kier molecular flexibility index (Phi) is 6.24. The summed E-state index contributed by atoms with van der Waals surface area (Å²) in [6, 6.07) is 8.16. The Balaban J connectivity index is 1.39. The van der Waals surface area contributed by atoms with Gasteiger partial charge >= 0.3 is 5.97 Å². The first kappa shape index (κ1) is 22.1. The van der Waals surface area contributed by atoms with E-state index < -0.39 is 5.97 Å². The van der Waals surface area contributed by atoms with Crippen molar-refractivity contribution in [2.45, 2.75) is 6.42 Å². The third-order valence-electron chi connectivity index (χ3n) is 6.10. The molecule has 0 amide bonds. The van der Waals surface area contributed by atoms with Crippen LogP contribution >= 0.6 is 0 Å². The van der Waals surface area contributed by atoms with Gasteiger partial charge in [0.05, 0.1) is 37.1 Å². The second kappa shape index (κ2) is 9.62. The van der Waals surface area contributed by atoms with Crippen molar-refractivity contribution < 1.29 is 14.6 Å². The number of carboxylic acids is 1. The largest absolute Gasteiger partial charge is 0.481 e. The second-order valence-electron chi connectivity index (χ2n) is 8.35. The van der Waals surface area contributed by atoms with Crippen LogP contribution in [0.4, 0.5) is 5.69 Å². The summed E-state index contributed by atoms with van der Waals surface area (Å²) in [4.78, 5) is 24.9. The van der Waals surface area contributed by atoms with Crippen LogP contribution in [0.5, 0.6) is 0 Å². The standard InChI is InChI=1S/C24H27N7O3/c1-34-11-10-28-6-8-29(9-7-28)20-3-2-19-14-26-31(21(19)13-20)23-16-25-15-22(27-23)30-5-4-18(17-30)12-24(32)33/h2-5,13-17H,6-12H2,1H3,(H,32,33). The van der Waals surface area contributed by atoms with Gasteiger partial charge in [-0.3, -0.25) is 14.7 Å². The molecular weight excluding hydrogens is 434 g/mol. The predicted molar refractivity (Wildman–Crippen MR) is 128 cm³/mol. The molecule has 1 fully saturated rings. The Morgan fingerprint density at radius 2 is 1.91 bits per heavy atom. The van der Waals surface area contributed by atoms with Gasteiger partial charge in [0.15, 0.2) is 11.6 Å². The lowest BCUT2D eigenvalue weighted by Gasteiger charge is -2.36. The van der Waals surface area contributed by atoms with E-state index >= 15 is 0 Å². The number of carbonyl (C=O) groups is 1. The lowest BCUT2D eigenvalue weighted by molar-refractivity contribution is -0.136. The van der Waals surface area contributed by atoms with Crippen LogP contribution in [-0.4, -0.2) is 86.7 Å². The Morgan fingerprint density at radius 1 is 1.09 bits per heavy atom. The van der Waals surface area contributed by atoms with E-state index in [4.69, 9.17) is 14.8 Å². The van der Waals surface area contributed by atoms with Crippen LogP contribution in [0.3, 0.4) is 0 Å². The number of nitrogens with zero attached hydrogens (tertiary/aromatic N) is 7. The van der Waals surface area contributed by atoms with E-state index in [-0.39, 0.29) is 6.42 Å². The summed E-state index contributed by atoms with van der Waals surface area (Å²) >= 11 is 0. The summed E-state index contributed by atoms with van der Waals surface area (Å²) in [7, 11) is 1.74. The zero-order chi connectivity index (χ0) is 23.5. The normalized spacial score (nSPS) is 14.7. The number of fused-ring (bicyclic) bond motifs is 1. The fourth-order valence-electron chi connectivity index (χ4n) is 4.27. The molecule has 5 rings (SSSR count). The quantitative estimate of drug-likeness (QED) is 0.425. The Hall–Kier alpha value is -3.76. The van der Waals surface area contributed by atoms with Gasteiger partial charge in [0.2, 0.25) is 0 Å². The van der Waals surface area contributed by atoms with Crippen molar-refractivity contribution >= 4 is 22.6 Å². The molecule has 0 saturated carbocycles. The predicted octanol–water partition coefficient (Wildman–Crippen LogP) is 2.00. The molecule has 3 aromatic heterocycles. The third kappa shape index (κ3) is 4.63. The van der Waals surface area contributed by atoms with Crippen LogP contribution in [0.1, 0.15) is 5.56 Å². The number of ether oxygens (including phenoxy) is 1. The van der Waals surface area contributed by atoms with E-state index in [0.29, 0.717) is 17.2 Å². The maximum absolute atomic E-state index is 11.0. The van der Waals surface area contributed by atoms with Crippen molar-refractivity contribution in [3.8, 4) is 11.6 Å². The van der Waals surface area contributed by atoms with E-state index in [1.807, 2.05) is 6.20 Å². The highest BCUT2D eigenvalue weighted by atomic mass is 16.5. The van der Waals surface area contributed by atoms with E-state index in [0.717, 1.165) is 55.9 Å². The molecule has 4 aromatic rings. The highest BCUT2D eigenvalue weighted by Gasteiger charge is 2.18. The molecule has 1 N–H and O–H groups in total. The molecule has 10 heteroatoms. The molecule has 34 heavy (non-hydrogen) atoms. The van der Waals surface area contributed by atoms with E-state index in [2.05, 4.69) is 38.1 Å². The Morgan fingerprint density at radius 3 is 2.71 bits per heavy atom. The fraction of sp³-hybridized carbons (Fsp3) is 0.333. The van der Waals surface area contributed by atoms with Gasteiger partial charge in [-0.05, 0) is 29.8 Å². The van der Waals surface area contributed by atoms with Crippen LogP contribution in [0, 0.1) is 0 Å². The number of piperazine rings is 1. The van der Waals surface area contributed by atoms with Crippen LogP contribution in [0.25, 0.3) is 22.5 Å². The molecule has 1 aliphatic heterocycles. The summed E-state index contributed by atoms with van der Waals surface area (Å²) in [5.74, 6) is 0.330. The summed E-state index contributed by atoms with van der Waals surface area (Å²) in [6.45, 7) is 5.67.